The maximum Gasteiger partial charge on any atom is 0.263 e. The minimum Gasteiger partial charge on any atom is -0.337 e. The molecule has 118 valence electrons. The molecule has 1 aliphatic carbocycles. The molecule has 2 heterocycles. The Bertz CT molecular complexity index is 673. The molecule has 0 radical (unpaired) electrons. The number of carbonyl (C=O) groups excluding carboxylic acids is 1. The maximum atomic E-state index is 12.6. The first-order chi connectivity index (χ1) is 10.6. The van der Waals surface area contributed by atoms with Gasteiger partial charge in [-0.25, -0.2) is 0 Å². The third-order valence-corrected chi connectivity index (χ3v) is 5.72. The molecule has 0 bridgehead atoms. The number of hydrogen-bond acceptors (Lipinski definition) is 3. The molecule has 5 heteroatoms. The molecule has 0 aromatic carbocycles. The fourth-order valence-electron chi connectivity index (χ4n) is 3.14. The summed E-state index contributed by atoms with van der Waals surface area (Å²) in [6.07, 6.45) is 8.55. The van der Waals surface area contributed by atoms with Gasteiger partial charge in [-0.1, -0.05) is 13.3 Å². The normalized spacial score (nSPS) is 17.3. The molecule has 1 aliphatic rings. The highest BCUT2D eigenvalue weighted by molar-refractivity contribution is 7.14. The monoisotopic (exact) mass is 317 g/mol. The second kappa shape index (κ2) is 6.24. The Kier molecular flexibility index (Phi) is 4.34. The smallest absolute Gasteiger partial charge is 0.263 e. The molecule has 22 heavy (non-hydrogen) atoms. The molecule has 4 nitrogen and oxygen atoms in total. The minimum atomic E-state index is 0.122. The molecule has 0 saturated carbocycles. The van der Waals surface area contributed by atoms with E-state index >= 15 is 0 Å². The van der Waals surface area contributed by atoms with Gasteiger partial charge in [0.2, 0.25) is 0 Å². The number of hydrogen-bond donors (Lipinski definition) is 0. The van der Waals surface area contributed by atoms with E-state index in [1.54, 1.807) is 20.9 Å². The highest BCUT2D eigenvalue weighted by Gasteiger charge is 2.23. The number of aryl methyl sites for hydroxylation is 2. The Morgan fingerprint density at radius 3 is 3.05 bits per heavy atom. The summed E-state index contributed by atoms with van der Waals surface area (Å²) in [7, 11) is 3.76. The summed E-state index contributed by atoms with van der Waals surface area (Å²) in [5, 5.41) is 4.15. The van der Waals surface area contributed by atoms with Crippen molar-refractivity contribution in [1.29, 1.82) is 0 Å². The topological polar surface area (TPSA) is 38.1 Å². The lowest BCUT2D eigenvalue weighted by molar-refractivity contribution is 0.0790. The van der Waals surface area contributed by atoms with Gasteiger partial charge in [0.15, 0.2) is 0 Å². The van der Waals surface area contributed by atoms with Crippen molar-refractivity contribution in [3.63, 3.8) is 0 Å². The van der Waals surface area contributed by atoms with Crippen LogP contribution in [0.15, 0.2) is 18.5 Å². The fraction of sp³-hybridized carbons (Fsp3) is 0.529. The van der Waals surface area contributed by atoms with Gasteiger partial charge in [-0.15, -0.1) is 11.3 Å². The van der Waals surface area contributed by atoms with Crippen LogP contribution in [0.2, 0.25) is 0 Å². The van der Waals surface area contributed by atoms with Crippen LogP contribution < -0.4 is 0 Å². The van der Waals surface area contributed by atoms with Crippen molar-refractivity contribution in [3.05, 3.63) is 39.3 Å². The van der Waals surface area contributed by atoms with E-state index in [4.69, 9.17) is 0 Å². The van der Waals surface area contributed by atoms with Crippen molar-refractivity contribution >= 4 is 17.2 Å². The summed E-state index contributed by atoms with van der Waals surface area (Å²) in [5.41, 5.74) is 2.46. The molecule has 1 amide bonds. The van der Waals surface area contributed by atoms with Crippen molar-refractivity contribution < 1.29 is 4.79 Å². The first kappa shape index (κ1) is 15.3. The molecular formula is C17H23N3OS. The molecule has 3 rings (SSSR count). The second-order valence-electron chi connectivity index (χ2n) is 6.26. The molecule has 0 N–H and O–H groups in total. The van der Waals surface area contributed by atoms with Crippen molar-refractivity contribution in [1.82, 2.24) is 14.7 Å². The molecule has 0 spiro atoms. The Balaban J connectivity index is 1.71. The fourth-order valence-corrected chi connectivity index (χ4v) is 4.34. The van der Waals surface area contributed by atoms with Gasteiger partial charge in [0.25, 0.3) is 5.91 Å². The largest absolute Gasteiger partial charge is 0.337 e. The maximum absolute atomic E-state index is 12.6. The minimum absolute atomic E-state index is 0.122. The SMILES string of the molecule is CCC1CCc2sc(C(=O)N(C)Cc3cnn(C)c3)cc2C1. The van der Waals surface area contributed by atoms with E-state index in [-0.39, 0.29) is 5.91 Å². The first-order valence-corrected chi connectivity index (χ1v) is 8.73. The Morgan fingerprint density at radius 2 is 2.36 bits per heavy atom. The van der Waals surface area contributed by atoms with Gasteiger partial charge in [0, 0.05) is 37.3 Å². The summed E-state index contributed by atoms with van der Waals surface area (Å²) in [5.74, 6) is 0.912. The third kappa shape index (κ3) is 3.09. The van der Waals surface area contributed by atoms with Crippen LogP contribution in [0.1, 0.15) is 45.4 Å². The van der Waals surface area contributed by atoms with E-state index in [1.807, 2.05) is 26.5 Å². The van der Waals surface area contributed by atoms with Crippen molar-refractivity contribution in [2.45, 2.75) is 39.2 Å². The van der Waals surface area contributed by atoms with Gasteiger partial charge < -0.3 is 4.90 Å². The summed E-state index contributed by atoms with van der Waals surface area (Å²) in [6.45, 7) is 2.86. The number of nitrogens with zero attached hydrogens (tertiary/aromatic N) is 3. The number of amides is 1. The predicted octanol–water partition coefficient (Wildman–Crippen LogP) is 3.27. The zero-order chi connectivity index (χ0) is 15.7. The average Bonchev–Trinajstić information content (AvgIpc) is 3.11. The van der Waals surface area contributed by atoms with Crippen LogP contribution >= 0.6 is 11.3 Å². The van der Waals surface area contributed by atoms with Crippen molar-refractivity contribution in [2.75, 3.05) is 7.05 Å². The Hall–Kier alpha value is -1.62. The third-order valence-electron chi connectivity index (χ3n) is 4.50. The van der Waals surface area contributed by atoms with E-state index < -0.39 is 0 Å². The Labute approximate surface area is 135 Å². The van der Waals surface area contributed by atoms with Gasteiger partial charge in [0.1, 0.15) is 0 Å². The molecule has 2 aromatic rings. The number of carbonyl (C=O) groups is 1. The average molecular weight is 317 g/mol. The molecule has 0 saturated heterocycles. The highest BCUT2D eigenvalue weighted by Crippen LogP contribution is 2.34. The molecule has 0 aliphatic heterocycles. The number of aromatic nitrogens is 2. The zero-order valence-corrected chi connectivity index (χ0v) is 14.3. The van der Waals surface area contributed by atoms with Crippen LogP contribution in [0.4, 0.5) is 0 Å². The van der Waals surface area contributed by atoms with E-state index in [2.05, 4.69) is 18.1 Å². The quantitative estimate of drug-likeness (QED) is 0.868. The lowest BCUT2D eigenvalue weighted by Gasteiger charge is -2.19. The summed E-state index contributed by atoms with van der Waals surface area (Å²) in [4.78, 5) is 16.7. The van der Waals surface area contributed by atoms with Gasteiger partial charge in [-0.05, 0) is 36.8 Å². The molecule has 2 aromatic heterocycles. The van der Waals surface area contributed by atoms with E-state index in [0.29, 0.717) is 6.54 Å². The number of rotatable bonds is 4. The molecule has 1 atom stereocenters. The lowest BCUT2D eigenvalue weighted by atomic mass is 9.87. The van der Waals surface area contributed by atoms with Crippen LogP contribution in [-0.4, -0.2) is 27.6 Å². The number of fused-ring (bicyclic) bond motifs is 1. The summed E-state index contributed by atoms with van der Waals surface area (Å²) in [6, 6.07) is 2.13. The van der Waals surface area contributed by atoms with E-state index in [0.717, 1.165) is 29.2 Å². The standard InChI is InChI=1S/C17H23N3OS/c1-4-12-5-6-15-14(7-12)8-16(22-15)17(21)19(2)10-13-9-18-20(3)11-13/h8-9,11-12H,4-7,10H2,1-3H3. The van der Waals surface area contributed by atoms with E-state index in [1.165, 1.54) is 23.3 Å². The van der Waals surface area contributed by atoms with Crippen LogP contribution in [0.3, 0.4) is 0 Å². The summed E-state index contributed by atoms with van der Waals surface area (Å²) < 4.78 is 1.77. The Morgan fingerprint density at radius 1 is 1.55 bits per heavy atom. The van der Waals surface area contributed by atoms with Gasteiger partial charge in [-0.3, -0.25) is 9.48 Å². The highest BCUT2D eigenvalue weighted by atomic mass is 32.1. The molecular weight excluding hydrogens is 294 g/mol. The first-order valence-electron chi connectivity index (χ1n) is 7.91. The van der Waals surface area contributed by atoms with Crippen LogP contribution in [0.25, 0.3) is 0 Å². The van der Waals surface area contributed by atoms with Crippen LogP contribution in [-0.2, 0) is 26.4 Å². The lowest BCUT2D eigenvalue weighted by Crippen LogP contribution is -2.25. The van der Waals surface area contributed by atoms with Gasteiger partial charge in [0.05, 0.1) is 11.1 Å². The van der Waals surface area contributed by atoms with Crippen molar-refractivity contribution in [3.8, 4) is 0 Å². The predicted molar refractivity (Wildman–Crippen MR) is 89.1 cm³/mol. The van der Waals surface area contributed by atoms with Gasteiger partial charge >= 0.3 is 0 Å². The van der Waals surface area contributed by atoms with Crippen molar-refractivity contribution in [2.24, 2.45) is 13.0 Å². The second-order valence-corrected chi connectivity index (χ2v) is 7.40. The molecule has 1 unspecified atom stereocenters. The van der Waals surface area contributed by atoms with Crippen LogP contribution in [0, 0.1) is 5.92 Å². The van der Waals surface area contributed by atoms with E-state index in [9.17, 15) is 4.79 Å². The molecule has 0 fully saturated rings. The van der Waals surface area contributed by atoms with Crippen LogP contribution in [0.5, 0.6) is 0 Å². The summed E-state index contributed by atoms with van der Waals surface area (Å²) >= 11 is 1.69. The van der Waals surface area contributed by atoms with Gasteiger partial charge in [-0.2, -0.15) is 5.10 Å². The zero-order valence-electron chi connectivity index (χ0n) is 13.5. The number of thiophene rings is 1.